The van der Waals surface area contributed by atoms with Crippen molar-refractivity contribution in [2.75, 3.05) is 5.88 Å². The fraction of sp³-hybridized carbons (Fsp3) is 0.640. The number of fused-ring (bicyclic) bond motifs is 2. The molecule has 2 saturated heterocycles. The van der Waals surface area contributed by atoms with Gasteiger partial charge in [-0.2, -0.15) is 5.10 Å². The van der Waals surface area contributed by atoms with Crippen molar-refractivity contribution in [1.82, 2.24) is 15.1 Å². The summed E-state index contributed by atoms with van der Waals surface area (Å²) >= 11 is 0. The fourth-order valence-corrected chi connectivity index (χ4v) is 7.43. The Morgan fingerprint density at radius 2 is 1.75 bits per heavy atom. The van der Waals surface area contributed by atoms with Crippen LogP contribution in [0.15, 0.2) is 29.2 Å². The molecule has 2 aliphatic rings. The van der Waals surface area contributed by atoms with E-state index in [1.165, 1.54) is 31.2 Å². The van der Waals surface area contributed by atoms with Crippen LogP contribution in [0.5, 0.6) is 5.75 Å². The number of benzene rings is 1. The first kappa shape index (κ1) is 23.3. The zero-order chi connectivity index (χ0) is 22.7. The Labute approximate surface area is 192 Å². The molecule has 0 spiro atoms. The molecule has 0 unspecified atom stereocenters. The maximum atomic E-state index is 13.1. The van der Waals surface area contributed by atoms with E-state index in [0.29, 0.717) is 16.3 Å². The van der Waals surface area contributed by atoms with Crippen LogP contribution in [0.2, 0.25) is 0 Å². The number of H-pyrrole nitrogens is 1. The molecule has 0 amide bonds. The minimum absolute atomic E-state index is 0.0724. The van der Waals surface area contributed by atoms with Crippen LogP contribution in [-0.2, 0) is 16.3 Å². The average Bonchev–Trinajstić information content (AvgIpc) is 3.20. The van der Waals surface area contributed by atoms with Crippen molar-refractivity contribution < 1.29 is 13.2 Å². The SMILES string of the molecule is CCCCCCc1ccc(O[C@@H]2C[C@H]3CC[C@@H](C2)N3CS(=O)(=O)c2c(C)n[nH]c2C)cc1. The number of sulfone groups is 1. The van der Waals surface area contributed by atoms with Crippen molar-refractivity contribution in [1.29, 1.82) is 0 Å². The van der Waals surface area contributed by atoms with Gasteiger partial charge in [0.15, 0.2) is 9.84 Å². The van der Waals surface area contributed by atoms with Crippen molar-refractivity contribution in [3.05, 3.63) is 41.2 Å². The number of aromatic nitrogens is 2. The first-order chi connectivity index (χ1) is 15.4. The molecule has 2 fully saturated rings. The number of aryl methyl sites for hydroxylation is 3. The van der Waals surface area contributed by atoms with E-state index in [9.17, 15) is 8.42 Å². The summed E-state index contributed by atoms with van der Waals surface area (Å²) < 4.78 is 32.5. The van der Waals surface area contributed by atoms with Gasteiger partial charge in [-0.1, -0.05) is 38.3 Å². The van der Waals surface area contributed by atoms with Crippen molar-refractivity contribution in [3.63, 3.8) is 0 Å². The first-order valence-corrected chi connectivity index (χ1v) is 13.8. The lowest BCUT2D eigenvalue weighted by atomic mass is 10.0. The largest absolute Gasteiger partial charge is 0.490 e. The van der Waals surface area contributed by atoms with E-state index in [0.717, 1.165) is 37.9 Å². The van der Waals surface area contributed by atoms with E-state index in [-0.39, 0.29) is 24.1 Å². The number of rotatable bonds is 10. The molecule has 2 aromatic rings. The van der Waals surface area contributed by atoms with E-state index in [2.05, 4.69) is 46.3 Å². The molecule has 1 aromatic heterocycles. The number of nitrogens with one attached hydrogen (secondary N) is 1. The quantitative estimate of drug-likeness (QED) is 0.509. The lowest BCUT2D eigenvalue weighted by molar-refractivity contribution is 0.0609. The lowest BCUT2D eigenvalue weighted by Gasteiger charge is -2.38. The third kappa shape index (κ3) is 5.20. The zero-order valence-electron chi connectivity index (χ0n) is 19.6. The maximum Gasteiger partial charge on any atom is 0.195 e. The van der Waals surface area contributed by atoms with Crippen LogP contribution >= 0.6 is 0 Å². The molecule has 1 aromatic carbocycles. The minimum atomic E-state index is -3.41. The van der Waals surface area contributed by atoms with Gasteiger partial charge in [-0.15, -0.1) is 0 Å². The normalized spacial score (nSPS) is 23.5. The van der Waals surface area contributed by atoms with E-state index in [4.69, 9.17) is 4.74 Å². The molecule has 0 aliphatic carbocycles. The van der Waals surface area contributed by atoms with Gasteiger partial charge in [-0.3, -0.25) is 10.00 Å². The Hall–Kier alpha value is -1.86. The third-order valence-corrected chi connectivity index (χ3v) is 8.94. The summed E-state index contributed by atoms with van der Waals surface area (Å²) in [5.74, 6) is 1.00. The van der Waals surface area contributed by atoms with Gasteiger partial charge in [-0.25, -0.2) is 8.42 Å². The molecule has 1 N–H and O–H groups in total. The highest BCUT2D eigenvalue weighted by atomic mass is 32.2. The summed E-state index contributed by atoms with van der Waals surface area (Å²) in [4.78, 5) is 2.56. The van der Waals surface area contributed by atoms with Crippen LogP contribution < -0.4 is 4.74 Å². The summed E-state index contributed by atoms with van der Waals surface area (Å²) in [6, 6.07) is 9.09. The Balaban J connectivity index is 1.33. The molecule has 4 rings (SSSR count). The standard InChI is InChI=1S/C25H37N3O3S/c1-4-5-6-7-8-20-9-13-23(14-10-20)31-24-15-21-11-12-22(16-24)28(21)17-32(29,30)25-18(2)26-27-19(25)3/h9-10,13-14,21-22,24H,4-8,11-12,15-17H2,1-3H3,(H,26,27)/t21-,22+,24-. The highest BCUT2D eigenvalue weighted by molar-refractivity contribution is 7.91. The van der Waals surface area contributed by atoms with E-state index in [1.54, 1.807) is 13.8 Å². The monoisotopic (exact) mass is 459 g/mol. The van der Waals surface area contributed by atoms with Crippen LogP contribution in [0.3, 0.4) is 0 Å². The summed E-state index contributed by atoms with van der Waals surface area (Å²) in [7, 11) is -3.41. The maximum absolute atomic E-state index is 13.1. The van der Waals surface area contributed by atoms with Gasteiger partial charge in [0.05, 0.1) is 11.4 Å². The summed E-state index contributed by atoms with van der Waals surface area (Å²) in [6.45, 7) is 5.77. The van der Waals surface area contributed by atoms with Gasteiger partial charge < -0.3 is 4.74 Å². The van der Waals surface area contributed by atoms with Crippen LogP contribution in [0.4, 0.5) is 0 Å². The molecule has 3 heterocycles. The van der Waals surface area contributed by atoms with Crippen molar-refractivity contribution >= 4 is 9.84 Å². The molecule has 6 nitrogen and oxygen atoms in total. The van der Waals surface area contributed by atoms with Gasteiger partial charge in [0.25, 0.3) is 0 Å². The van der Waals surface area contributed by atoms with E-state index < -0.39 is 9.84 Å². The summed E-state index contributed by atoms with van der Waals surface area (Å²) in [5, 5.41) is 6.88. The predicted octanol–water partition coefficient (Wildman–Crippen LogP) is 4.95. The molecule has 176 valence electrons. The molecule has 0 radical (unpaired) electrons. The molecule has 0 saturated carbocycles. The minimum Gasteiger partial charge on any atom is -0.490 e. The van der Waals surface area contributed by atoms with Gasteiger partial charge in [0.1, 0.15) is 22.6 Å². The zero-order valence-corrected chi connectivity index (χ0v) is 20.5. The highest BCUT2D eigenvalue weighted by Gasteiger charge is 2.43. The van der Waals surface area contributed by atoms with Crippen LogP contribution in [0.1, 0.15) is 75.2 Å². The Kier molecular flexibility index (Phi) is 7.25. The van der Waals surface area contributed by atoms with E-state index in [1.807, 2.05) is 0 Å². The van der Waals surface area contributed by atoms with Crippen LogP contribution in [-0.4, -0.2) is 47.6 Å². The number of piperidine rings is 1. The summed E-state index contributed by atoms with van der Waals surface area (Å²) in [6.07, 6.45) is 10.3. The van der Waals surface area contributed by atoms with Gasteiger partial charge >= 0.3 is 0 Å². The molecule has 32 heavy (non-hydrogen) atoms. The lowest BCUT2D eigenvalue weighted by Crippen LogP contribution is -2.48. The molecule has 7 heteroatoms. The number of hydrogen-bond acceptors (Lipinski definition) is 5. The third-order valence-electron chi connectivity index (χ3n) is 7.08. The highest BCUT2D eigenvalue weighted by Crippen LogP contribution is 2.38. The number of ether oxygens (including phenoxy) is 1. The molecule has 3 atom stereocenters. The van der Waals surface area contributed by atoms with Crippen LogP contribution in [0.25, 0.3) is 0 Å². The van der Waals surface area contributed by atoms with Crippen molar-refractivity contribution in [2.24, 2.45) is 0 Å². The predicted molar refractivity (Wildman–Crippen MR) is 127 cm³/mol. The Morgan fingerprint density at radius 3 is 2.34 bits per heavy atom. The topological polar surface area (TPSA) is 75.3 Å². The number of hydrogen-bond donors (Lipinski definition) is 1. The number of nitrogens with zero attached hydrogens (tertiary/aromatic N) is 2. The number of aromatic amines is 1. The molecule has 2 bridgehead atoms. The van der Waals surface area contributed by atoms with Gasteiger partial charge in [0.2, 0.25) is 0 Å². The molecular weight excluding hydrogens is 422 g/mol. The average molecular weight is 460 g/mol. The number of unbranched alkanes of at least 4 members (excludes halogenated alkanes) is 3. The fourth-order valence-electron chi connectivity index (χ4n) is 5.47. The van der Waals surface area contributed by atoms with Crippen molar-refractivity contribution in [2.45, 2.75) is 102 Å². The van der Waals surface area contributed by atoms with Crippen molar-refractivity contribution in [3.8, 4) is 5.75 Å². The second kappa shape index (κ2) is 9.96. The smallest absolute Gasteiger partial charge is 0.195 e. The first-order valence-electron chi connectivity index (χ1n) is 12.1. The summed E-state index contributed by atoms with van der Waals surface area (Å²) in [5.41, 5.74) is 2.56. The van der Waals surface area contributed by atoms with E-state index >= 15 is 0 Å². The molecule has 2 aliphatic heterocycles. The Morgan fingerprint density at radius 1 is 1.06 bits per heavy atom. The Bertz CT molecular complexity index is 966. The molecular formula is C25H37N3O3S. The second-order valence-corrected chi connectivity index (χ2v) is 11.5. The second-order valence-electron chi connectivity index (χ2n) is 9.57. The van der Waals surface area contributed by atoms with Gasteiger partial charge in [0, 0.05) is 12.1 Å². The van der Waals surface area contributed by atoms with Gasteiger partial charge in [-0.05, 0) is 70.1 Å². The van der Waals surface area contributed by atoms with Crippen LogP contribution in [0, 0.1) is 13.8 Å².